The van der Waals surface area contributed by atoms with Crippen LogP contribution >= 0.6 is 11.8 Å². The molecular formula is C13H13F3N2S. The van der Waals surface area contributed by atoms with Gasteiger partial charge in [-0.25, -0.2) is 0 Å². The Morgan fingerprint density at radius 3 is 2.74 bits per heavy atom. The summed E-state index contributed by atoms with van der Waals surface area (Å²) in [6.07, 6.45) is 1.71. The van der Waals surface area contributed by atoms with E-state index in [4.69, 9.17) is 0 Å². The quantitative estimate of drug-likeness (QED) is 0.850. The molecule has 2 aromatic rings. The van der Waals surface area contributed by atoms with Crippen LogP contribution in [0.4, 0.5) is 13.2 Å². The van der Waals surface area contributed by atoms with Crippen LogP contribution in [0, 0.1) is 0 Å². The molecule has 0 aliphatic rings. The lowest BCUT2D eigenvalue weighted by molar-refractivity contribution is -0.0327. The van der Waals surface area contributed by atoms with Gasteiger partial charge in [-0.3, -0.25) is 4.98 Å². The van der Waals surface area contributed by atoms with Gasteiger partial charge in [0.25, 0.3) is 0 Å². The van der Waals surface area contributed by atoms with Gasteiger partial charge < -0.3 is 5.32 Å². The van der Waals surface area contributed by atoms with Gasteiger partial charge >= 0.3 is 5.51 Å². The second-order valence-electron chi connectivity index (χ2n) is 3.96. The maximum Gasteiger partial charge on any atom is 0.441 e. The molecule has 1 aromatic carbocycles. The number of para-hydroxylation sites is 1. The first-order chi connectivity index (χ1) is 9.06. The van der Waals surface area contributed by atoms with Crippen molar-refractivity contribution in [2.45, 2.75) is 12.1 Å². The third-order valence-electron chi connectivity index (χ3n) is 2.58. The highest BCUT2D eigenvalue weighted by atomic mass is 32.2. The van der Waals surface area contributed by atoms with Crippen LogP contribution in [0.2, 0.25) is 0 Å². The Bertz CT molecular complexity index is 537. The summed E-state index contributed by atoms with van der Waals surface area (Å²) in [6, 6.07) is 9.64. The summed E-state index contributed by atoms with van der Waals surface area (Å²) < 4.78 is 35.8. The molecule has 1 aromatic heterocycles. The normalized spacial score (nSPS) is 11.9. The van der Waals surface area contributed by atoms with Crippen molar-refractivity contribution in [2.24, 2.45) is 0 Å². The van der Waals surface area contributed by atoms with Gasteiger partial charge in [-0.2, -0.15) is 13.2 Å². The Morgan fingerprint density at radius 1 is 1.16 bits per heavy atom. The van der Waals surface area contributed by atoms with E-state index in [1.165, 1.54) is 0 Å². The van der Waals surface area contributed by atoms with E-state index in [-0.39, 0.29) is 17.5 Å². The highest BCUT2D eigenvalue weighted by Gasteiger charge is 2.27. The molecular weight excluding hydrogens is 273 g/mol. The van der Waals surface area contributed by atoms with Crippen LogP contribution in [-0.4, -0.2) is 22.8 Å². The van der Waals surface area contributed by atoms with E-state index >= 15 is 0 Å². The average molecular weight is 286 g/mol. The molecule has 2 nitrogen and oxygen atoms in total. The molecule has 0 spiro atoms. The number of alkyl halides is 3. The van der Waals surface area contributed by atoms with Crippen molar-refractivity contribution >= 4 is 22.7 Å². The lowest BCUT2D eigenvalue weighted by Gasteiger charge is -2.08. The molecule has 0 amide bonds. The molecule has 0 saturated carbocycles. The standard InChI is InChI=1S/C13H13F3N2S/c14-13(15,16)19-8-7-17-9-11-4-1-3-10-5-2-6-18-12(10)11/h1-6,17H,7-9H2. The van der Waals surface area contributed by atoms with Gasteiger partial charge in [-0.1, -0.05) is 24.3 Å². The molecule has 0 aliphatic carbocycles. The van der Waals surface area contributed by atoms with Gasteiger partial charge in [0.2, 0.25) is 0 Å². The predicted octanol–water partition coefficient (Wildman–Crippen LogP) is 3.58. The summed E-state index contributed by atoms with van der Waals surface area (Å²) in [5.74, 6) is 0.0156. The largest absolute Gasteiger partial charge is 0.441 e. The van der Waals surface area contributed by atoms with Crippen molar-refractivity contribution in [1.82, 2.24) is 10.3 Å². The minimum absolute atomic E-state index is 0.00579. The number of benzene rings is 1. The lowest BCUT2D eigenvalue weighted by atomic mass is 10.1. The number of hydrogen-bond acceptors (Lipinski definition) is 3. The van der Waals surface area contributed by atoms with E-state index in [1.807, 2.05) is 30.3 Å². The van der Waals surface area contributed by atoms with Crippen LogP contribution in [0.5, 0.6) is 0 Å². The van der Waals surface area contributed by atoms with Crippen LogP contribution in [0.25, 0.3) is 10.9 Å². The zero-order chi connectivity index (χ0) is 13.7. The summed E-state index contributed by atoms with van der Waals surface area (Å²) in [5.41, 5.74) is -2.26. The third-order valence-corrected chi connectivity index (χ3v) is 3.31. The molecule has 102 valence electrons. The van der Waals surface area contributed by atoms with Crippen molar-refractivity contribution in [2.75, 3.05) is 12.3 Å². The highest BCUT2D eigenvalue weighted by molar-refractivity contribution is 8.00. The SMILES string of the molecule is FC(F)(F)SCCNCc1cccc2cccnc12. The van der Waals surface area contributed by atoms with E-state index in [0.717, 1.165) is 16.5 Å². The zero-order valence-corrected chi connectivity index (χ0v) is 10.9. The van der Waals surface area contributed by atoms with Crippen LogP contribution < -0.4 is 5.32 Å². The van der Waals surface area contributed by atoms with Gasteiger partial charge in [0.1, 0.15) is 0 Å². The number of rotatable bonds is 5. The van der Waals surface area contributed by atoms with Crippen LogP contribution in [0.15, 0.2) is 36.5 Å². The molecule has 1 N–H and O–H groups in total. The topological polar surface area (TPSA) is 24.9 Å². The van der Waals surface area contributed by atoms with Gasteiger partial charge in [0, 0.05) is 30.4 Å². The van der Waals surface area contributed by atoms with Gasteiger partial charge in [0.15, 0.2) is 0 Å². The first-order valence-corrected chi connectivity index (χ1v) is 6.79. The number of aromatic nitrogens is 1. The summed E-state index contributed by atoms with van der Waals surface area (Å²) in [7, 11) is 0. The Kier molecular flexibility index (Phi) is 4.66. The number of nitrogens with zero attached hydrogens (tertiary/aromatic N) is 1. The molecule has 6 heteroatoms. The maximum atomic E-state index is 11.9. The Labute approximate surface area is 113 Å². The molecule has 19 heavy (non-hydrogen) atoms. The van der Waals surface area contributed by atoms with Crippen LogP contribution in [-0.2, 0) is 6.54 Å². The van der Waals surface area contributed by atoms with Crippen molar-refractivity contribution in [3.8, 4) is 0 Å². The Morgan fingerprint density at radius 2 is 1.95 bits per heavy atom. The number of fused-ring (bicyclic) bond motifs is 1. The molecule has 2 rings (SSSR count). The molecule has 0 bridgehead atoms. The van der Waals surface area contributed by atoms with Crippen LogP contribution in [0.3, 0.4) is 0 Å². The van der Waals surface area contributed by atoms with Crippen molar-refractivity contribution in [3.63, 3.8) is 0 Å². The number of nitrogens with one attached hydrogen (secondary N) is 1. The first kappa shape index (κ1) is 14.1. The Balaban J connectivity index is 1.88. The molecule has 0 radical (unpaired) electrons. The number of thioether (sulfide) groups is 1. The predicted molar refractivity (Wildman–Crippen MR) is 72.0 cm³/mol. The second kappa shape index (κ2) is 6.25. The van der Waals surface area contributed by atoms with E-state index in [0.29, 0.717) is 13.1 Å². The summed E-state index contributed by atoms with van der Waals surface area (Å²) in [6.45, 7) is 0.834. The van der Waals surface area contributed by atoms with Crippen molar-refractivity contribution < 1.29 is 13.2 Å². The smallest absolute Gasteiger partial charge is 0.312 e. The molecule has 0 fully saturated rings. The average Bonchev–Trinajstić information content (AvgIpc) is 2.37. The fourth-order valence-corrected chi connectivity index (χ4v) is 2.25. The number of hydrogen-bond donors (Lipinski definition) is 1. The fourth-order valence-electron chi connectivity index (χ4n) is 1.77. The number of pyridine rings is 1. The molecule has 0 aliphatic heterocycles. The molecule has 0 atom stereocenters. The van der Waals surface area contributed by atoms with Gasteiger partial charge in [0.05, 0.1) is 5.52 Å². The summed E-state index contributed by atoms with van der Waals surface area (Å²) >= 11 is -0.00579. The first-order valence-electron chi connectivity index (χ1n) is 5.80. The minimum Gasteiger partial charge on any atom is -0.312 e. The zero-order valence-electron chi connectivity index (χ0n) is 10.1. The van der Waals surface area contributed by atoms with Crippen molar-refractivity contribution in [3.05, 3.63) is 42.1 Å². The van der Waals surface area contributed by atoms with Gasteiger partial charge in [-0.05, 0) is 23.4 Å². The minimum atomic E-state index is -4.15. The Hall–Kier alpha value is -1.27. The number of halogens is 3. The summed E-state index contributed by atoms with van der Waals surface area (Å²) in [4.78, 5) is 4.29. The second-order valence-corrected chi connectivity index (χ2v) is 5.12. The highest BCUT2D eigenvalue weighted by Crippen LogP contribution is 2.29. The van der Waals surface area contributed by atoms with Gasteiger partial charge in [-0.15, -0.1) is 0 Å². The van der Waals surface area contributed by atoms with E-state index in [9.17, 15) is 13.2 Å². The lowest BCUT2D eigenvalue weighted by Crippen LogP contribution is -2.18. The van der Waals surface area contributed by atoms with Crippen LogP contribution in [0.1, 0.15) is 5.56 Å². The van der Waals surface area contributed by atoms with E-state index < -0.39 is 5.51 Å². The monoisotopic (exact) mass is 286 g/mol. The fraction of sp³-hybridized carbons (Fsp3) is 0.308. The third kappa shape index (κ3) is 4.40. The maximum absolute atomic E-state index is 11.9. The molecule has 0 saturated heterocycles. The molecule has 0 unspecified atom stereocenters. The van der Waals surface area contributed by atoms with E-state index in [2.05, 4.69) is 10.3 Å². The summed E-state index contributed by atoms with van der Waals surface area (Å²) in [5, 5.41) is 4.04. The van der Waals surface area contributed by atoms with Crippen molar-refractivity contribution in [1.29, 1.82) is 0 Å². The molecule has 1 heterocycles. The van der Waals surface area contributed by atoms with E-state index in [1.54, 1.807) is 6.20 Å².